The van der Waals surface area contributed by atoms with Crippen LogP contribution < -0.4 is 0 Å². The molecule has 1 aliphatic heterocycles. The number of ether oxygens (including phenoxy) is 1. The van der Waals surface area contributed by atoms with Crippen LogP contribution in [0.1, 0.15) is 49.8 Å². The van der Waals surface area contributed by atoms with Gasteiger partial charge in [0.2, 0.25) is 10.0 Å². The van der Waals surface area contributed by atoms with Crippen LogP contribution in [0.3, 0.4) is 0 Å². The minimum atomic E-state index is -3.81. The summed E-state index contributed by atoms with van der Waals surface area (Å²) in [4.78, 5) is 12.9. The molecule has 2 fully saturated rings. The van der Waals surface area contributed by atoms with Crippen molar-refractivity contribution in [3.63, 3.8) is 0 Å². The standard InChI is InChI=1S/C23H27NO4S/c1-16-12-14-19(15-13-16)29(26,27)24-17(2)22(18-8-4-3-5-9-18)28-23(24)20-10-6-7-11-21(20)25/h3-5,8-9,12-15,17,20,22-23H,6-7,10-11H2,1-2H3/t17-,20-,22-,23-/m0/s1. The number of Topliss-reactive ketones (excluding diaryl/α,β-unsaturated/α-hetero) is 1. The van der Waals surface area contributed by atoms with Crippen molar-refractivity contribution >= 4 is 15.8 Å². The molecule has 6 heteroatoms. The van der Waals surface area contributed by atoms with Crippen molar-refractivity contribution in [2.45, 2.75) is 62.8 Å². The first-order valence-electron chi connectivity index (χ1n) is 10.2. The highest BCUT2D eigenvalue weighted by Crippen LogP contribution is 2.43. The fourth-order valence-corrected chi connectivity index (χ4v) is 6.20. The number of hydrogen-bond donors (Lipinski definition) is 0. The lowest BCUT2D eigenvalue weighted by Gasteiger charge is -2.32. The molecule has 0 bridgehead atoms. The second-order valence-electron chi connectivity index (χ2n) is 8.07. The number of aryl methyl sites for hydroxylation is 1. The van der Waals surface area contributed by atoms with Gasteiger partial charge in [0, 0.05) is 6.42 Å². The zero-order chi connectivity index (χ0) is 20.6. The summed E-state index contributed by atoms with van der Waals surface area (Å²) >= 11 is 0. The Hall–Kier alpha value is -2.02. The summed E-state index contributed by atoms with van der Waals surface area (Å²) in [6.07, 6.45) is 1.76. The first kappa shape index (κ1) is 20.3. The predicted molar refractivity (Wildman–Crippen MR) is 111 cm³/mol. The number of hydrogen-bond acceptors (Lipinski definition) is 4. The summed E-state index contributed by atoms with van der Waals surface area (Å²) in [6, 6.07) is 16.1. The van der Waals surface area contributed by atoms with Crippen molar-refractivity contribution in [2.75, 3.05) is 0 Å². The number of ketones is 1. The van der Waals surface area contributed by atoms with Crippen molar-refractivity contribution in [3.05, 3.63) is 65.7 Å². The van der Waals surface area contributed by atoms with Gasteiger partial charge < -0.3 is 4.74 Å². The Morgan fingerprint density at radius 3 is 2.34 bits per heavy atom. The van der Waals surface area contributed by atoms with E-state index in [0.717, 1.165) is 24.0 Å². The van der Waals surface area contributed by atoms with Crippen LogP contribution in [0.5, 0.6) is 0 Å². The molecular weight excluding hydrogens is 386 g/mol. The van der Waals surface area contributed by atoms with Crippen LogP contribution >= 0.6 is 0 Å². The zero-order valence-corrected chi connectivity index (χ0v) is 17.6. The Balaban J connectivity index is 1.76. The lowest BCUT2D eigenvalue weighted by atomic mass is 9.86. The number of carbonyl (C=O) groups excluding carboxylic acids is 1. The summed E-state index contributed by atoms with van der Waals surface area (Å²) in [5.74, 6) is -0.314. The maximum atomic E-state index is 13.6. The molecule has 0 unspecified atom stereocenters. The minimum absolute atomic E-state index is 0.103. The van der Waals surface area contributed by atoms with Gasteiger partial charge in [-0.2, -0.15) is 4.31 Å². The number of nitrogens with zero attached hydrogens (tertiary/aromatic N) is 1. The maximum Gasteiger partial charge on any atom is 0.245 e. The van der Waals surface area contributed by atoms with Crippen molar-refractivity contribution in [3.8, 4) is 0 Å². The lowest BCUT2D eigenvalue weighted by Crippen LogP contribution is -2.47. The largest absolute Gasteiger partial charge is 0.352 e. The minimum Gasteiger partial charge on any atom is -0.352 e. The maximum absolute atomic E-state index is 13.6. The van der Waals surface area contributed by atoms with E-state index in [2.05, 4.69) is 0 Å². The van der Waals surface area contributed by atoms with E-state index in [1.165, 1.54) is 4.31 Å². The van der Waals surface area contributed by atoms with Crippen LogP contribution in [0.25, 0.3) is 0 Å². The average molecular weight is 414 g/mol. The van der Waals surface area contributed by atoms with Gasteiger partial charge in [-0.25, -0.2) is 8.42 Å². The second-order valence-corrected chi connectivity index (χ2v) is 9.91. The lowest BCUT2D eigenvalue weighted by molar-refractivity contribution is -0.132. The summed E-state index contributed by atoms with van der Waals surface area (Å²) < 4.78 is 35.0. The SMILES string of the molecule is Cc1ccc(S(=O)(=O)N2[C@@H](C)[C@@H](c3ccccc3)O[C@H]2[C@H]2CCCCC2=O)cc1. The van der Waals surface area contributed by atoms with Gasteiger partial charge in [0.25, 0.3) is 0 Å². The molecule has 0 aromatic heterocycles. The molecule has 2 aromatic carbocycles. The molecule has 1 heterocycles. The monoisotopic (exact) mass is 413 g/mol. The quantitative estimate of drug-likeness (QED) is 0.752. The van der Waals surface area contributed by atoms with E-state index in [9.17, 15) is 13.2 Å². The van der Waals surface area contributed by atoms with E-state index in [4.69, 9.17) is 4.74 Å². The smallest absolute Gasteiger partial charge is 0.245 e. The van der Waals surface area contributed by atoms with E-state index in [0.29, 0.717) is 12.8 Å². The van der Waals surface area contributed by atoms with Gasteiger partial charge in [-0.15, -0.1) is 0 Å². The molecule has 1 saturated carbocycles. The third-order valence-corrected chi connectivity index (χ3v) is 8.01. The molecule has 5 nitrogen and oxygen atoms in total. The molecular formula is C23H27NO4S. The van der Waals surface area contributed by atoms with Crippen LogP contribution in [0.2, 0.25) is 0 Å². The zero-order valence-electron chi connectivity index (χ0n) is 16.8. The summed E-state index contributed by atoms with van der Waals surface area (Å²) in [7, 11) is -3.81. The third-order valence-electron chi connectivity index (χ3n) is 6.05. The van der Waals surface area contributed by atoms with E-state index in [1.807, 2.05) is 44.2 Å². The van der Waals surface area contributed by atoms with E-state index < -0.39 is 34.3 Å². The Morgan fingerprint density at radius 2 is 1.69 bits per heavy atom. The van der Waals surface area contributed by atoms with Gasteiger partial charge in [-0.3, -0.25) is 4.79 Å². The van der Waals surface area contributed by atoms with Gasteiger partial charge >= 0.3 is 0 Å². The first-order chi connectivity index (χ1) is 13.9. The molecule has 29 heavy (non-hydrogen) atoms. The van der Waals surface area contributed by atoms with Crippen molar-refractivity contribution in [2.24, 2.45) is 5.92 Å². The van der Waals surface area contributed by atoms with Crippen LogP contribution in [0, 0.1) is 12.8 Å². The average Bonchev–Trinajstić information content (AvgIpc) is 3.07. The summed E-state index contributed by atoms with van der Waals surface area (Å²) in [6.45, 7) is 3.80. The molecule has 0 N–H and O–H groups in total. The molecule has 4 rings (SSSR count). The molecule has 0 radical (unpaired) electrons. The summed E-state index contributed by atoms with van der Waals surface area (Å²) in [5.41, 5.74) is 1.92. The van der Waals surface area contributed by atoms with E-state index >= 15 is 0 Å². The molecule has 4 atom stereocenters. The van der Waals surface area contributed by atoms with Gasteiger partial charge in [0.15, 0.2) is 0 Å². The molecule has 0 amide bonds. The highest BCUT2D eigenvalue weighted by Gasteiger charge is 2.51. The first-order valence-corrected chi connectivity index (χ1v) is 11.7. The van der Waals surface area contributed by atoms with E-state index in [-0.39, 0.29) is 10.7 Å². The van der Waals surface area contributed by atoms with Crippen molar-refractivity contribution in [1.29, 1.82) is 0 Å². The fourth-order valence-electron chi connectivity index (χ4n) is 4.46. The number of carbonyl (C=O) groups is 1. The molecule has 1 saturated heterocycles. The van der Waals surface area contributed by atoms with Gasteiger partial charge in [-0.05, 0) is 44.4 Å². The number of rotatable bonds is 4. The second kappa shape index (κ2) is 8.01. The van der Waals surface area contributed by atoms with E-state index in [1.54, 1.807) is 24.3 Å². The molecule has 0 spiro atoms. The highest BCUT2D eigenvalue weighted by molar-refractivity contribution is 7.89. The third kappa shape index (κ3) is 3.77. The van der Waals surface area contributed by atoms with Gasteiger partial charge in [0.1, 0.15) is 18.1 Å². The van der Waals surface area contributed by atoms with Crippen molar-refractivity contribution < 1.29 is 17.9 Å². The Labute approximate surface area is 172 Å². The fraction of sp³-hybridized carbons (Fsp3) is 0.435. The molecule has 154 valence electrons. The van der Waals surface area contributed by atoms with Gasteiger partial charge in [-0.1, -0.05) is 54.4 Å². The van der Waals surface area contributed by atoms with Crippen LogP contribution in [0.4, 0.5) is 0 Å². The topological polar surface area (TPSA) is 63.7 Å². The normalized spacial score (nSPS) is 28.6. The van der Waals surface area contributed by atoms with Crippen LogP contribution in [-0.4, -0.2) is 30.8 Å². The Morgan fingerprint density at radius 1 is 1.00 bits per heavy atom. The Kier molecular flexibility index (Phi) is 5.60. The van der Waals surface area contributed by atoms with Crippen molar-refractivity contribution in [1.82, 2.24) is 4.31 Å². The Bertz CT molecular complexity index is 972. The molecule has 2 aromatic rings. The number of benzene rings is 2. The molecule has 1 aliphatic carbocycles. The summed E-state index contributed by atoms with van der Waals surface area (Å²) in [5, 5.41) is 0. The van der Waals surface area contributed by atoms with Crippen LogP contribution in [-0.2, 0) is 19.6 Å². The predicted octanol–water partition coefficient (Wildman–Crippen LogP) is 4.23. The molecule has 2 aliphatic rings. The number of sulfonamides is 1. The van der Waals surface area contributed by atoms with Gasteiger partial charge in [0.05, 0.1) is 16.9 Å². The van der Waals surface area contributed by atoms with Crippen LogP contribution in [0.15, 0.2) is 59.5 Å². The highest BCUT2D eigenvalue weighted by atomic mass is 32.2.